The van der Waals surface area contributed by atoms with E-state index in [0.29, 0.717) is 19.0 Å². The van der Waals surface area contributed by atoms with E-state index >= 15 is 0 Å². The molecule has 0 saturated heterocycles. The fourth-order valence-electron chi connectivity index (χ4n) is 1.60. The Balaban J connectivity index is 2.95. The van der Waals surface area contributed by atoms with Crippen molar-refractivity contribution in [1.82, 2.24) is 10.6 Å². The number of ether oxygens (including phenoxy) is 2. The van der Waals surface area contributed by atoms with Gasteiger partial charge in [-0.2, -0.15) is 11.8 Å². The molecule has 0 unspecified atom stereocenters. The first-order chi connectivity index (χ1) is 10.8. The number of thioether (sulfide) groups is 1. The van der Waals surface area contributed by atoms with E-state index in [1.807, 2.05) is 0 Å². The van der Waals surface area contributed by atoms with Crippen LogP contribution in [-0.4, -0.2) is 75.2 Å². The lowest BCUT2D eigenvalue weighted by Gasteiger charge is -2.07. The minimum absolute atomic E-state index is 0.251. The molecule has 0 aliphatic rings. The van der Waals surface area contributed by atoms with E-state index in [4.69, 9.17) is 14.6 Å². The predicted octanol–water partition coefficient (Wildman–Crippen LogP) is 1.21. The Bertz CT molecular complexity index is 246. The summed E-state index contributed by atoms with van der Waals surface area (Å²) in [5.74, 6) is 0.945. The molecular weight excluding hydrogens is 304 g/mol. The zero-order valence-electron chi connectivity index (χ0n) is 13.8. The molecule has 7 heteroatoms. The molecule has 0 aliphatic heterocycles. The first-order valence-electron chi connectivity index (χ1n) is 8.13. The van der Waals surface area contributed by atoms with Gasteiger partial charge in [-0.25, -0.2) is 0 Å². The fraction of sp³-hybridized carbons (Fsp3) is 0.933. The molecule has 0 aromatic heterocycles. The van der Waals surface area contributed by atoms with E-state index < -0.39 is 5.97 Å². The van der Waals surface area contributed by atoms with Crippen molar-refractivity contribution in [2.24, 2.45) is 0 Å². The Hall–Kier alpha value is -0.340. The molecule has 0 atom stereocenters. The Morgan fingerprint density at radius 3 is 2.32 bits per heavy atom. The number of carboxylic acid groups (broad SMARTS) is 1. The van der Waals surface area contributed by atoms with Gasteiger partial charge in [0.15, 0.2) is 0 Å². The average molecular weight is 336 g/mol. The molecule has 0 rings (SSSR count). The molecule has 0 radical (unpaired) electrons. The van der Waals surface area contributed by atoms with Crippen molar-refractivity contribution in [3.8, 4) is 0 Å². The van der Waals surface area contributed by atoms with E-state index in [1.54, 1.807) is 11.8 Å². The third-order valence-electron chi connectivity index (χ3n) is 2.73. The van der Waals surface area contributed by atoms with Crippen LogP contribution in [0.5, 0.6) is 0 Å². The minimum Gasteiger partial charge on any atom is -0.481 e. The van der Waals surface area contributed by atoms with Crippen LogP contribution < -0.4 is 10.6 Å². The molecule has 0 amide bonds. The van der Waals surface area contributed by atoms with E-state index in [1.165, 1.54) is 0 Å². The normalized spacial score (nSPS) is 11.0. The number of hydrogen-bond donors (Lipinski definition) is 3. The third kappa shape index (κ3) is 19.7. The van der Waals surface area contributed by atoms with Gasteiger partial charge in [-0.1, -0.05) is 6.92 Å². The number of carboxylic acids is 1. The van der Waals surface area contributed by atoms with Gasteiger partial charge in [-0.15, -0.1) is 0 Å². The van der Waals surface area contributed by atoms with Crippen molar-refractivity contribution in [3.63, 3.8) is 0 Å². The van der Waals surface area contributed by atoms with Crippen LogP contribution in [0.25, 0.3) is 0 Å². The molecule has 3 N–H and O–H groups in total. The highest BCUT2D eigenvalue weighted by atomic mass is 32.2. The van der Waals surface area contributed by atoms with E-state index in [9.17, 15) is 4.79 Å². The van der Waals surface area contributed by atoms with Crippen molar-refractivity contribution in [3.05, 3.63) is 0 Å². The van der Waals surface area contributed by atoms with Gasteiger partial charge in [0.05, 0.1) is 26.2 Å². The van der Waals surface area contributed by atoms with Crippen LogP contribution in [0.15, 0.2) is 0 Å². The number of nitrogens with one attached hydrogen (secondary N) is 2. The van der Waals surface area contributed by atoms with Crippen LogP contribution in [0.2, 0.25) is 0 Å². The summed E-state index contributed by atoms with van der Waals surface area (Å²) < 4.78 is 10.7. The van der Waals surface area contributed by atoms with Gasteiger partial charge in [0, 0.05) is 31.2 Å². The summed E-state index contributed by atoms with van der Waals surface area (Å²) in [5.41, 5.74) is 0. The quantitative estimate of drug-likeness (QED) is 0.325. The van der Waals surface area contributed by atoms with E-state index in [0.717, 1.165) is 58.0 Å². The summed E-state index contributed by atoms with van der Waals surface area (Å²) in [6.45, 7) is 8.76. The molecule has 6 nitrogen and oxygen atoms in total. The molecule has 0 aromatic carbocycles. The van der Waals surface area contributed by atoms with Crippen molar-refractivity contribution < 1.29 is 19.4 Å². The summed E-state index contributed by atoms with van der Waals surface area (Å²) in [6.07, 6.45) is 2.39. The average Bonchev–Trinajstić information content (AvgIpc) is 2.50. The maximum atomic E-state index is 10.3. The van der Waals surface area contributed by atoms with Crippen LogP contribution in [-0.2, 0) is 14.3 Å². The molecule has 0 aromatic rings. The SMILES string of the molecule is CCCOCCOCCNCCCNCCSCCC(=O)O. The van der Waals surface area contributed by atoms with Crippen LogP contribution in [0.4, 0.5) is 0 Å². The molecule has 132 valence electrons. The zero-order chi connectivity index (χ0) is 16.3. The molecule has 0 spiro atoms. The Morgan fingerprint density at radius 1 is 0.955 bits per heavy atom. The van der Waals surface area contributed by atoms with Gasteiger partial charge >= 0.3 is 5.97 Å². The van der Waals surface area contributed by atoms with Gasteiger partial charge in [0.25, 0.3) is 0 Å². The predicted molar refractivity (Wildman–Crippen MR) is 91.9 cm³/mol. The lowest BCUT2D eigenvalue weighted by atomic mass is 10.4. The highest BCUT2D eigenvalue weighted by Gasteiger charge is 1.96. The molecule has 0 saturated carbocycles. The summed E-state index contributed by atoms with van der Waals surface area (Å²) in [6, 6.07) is 0. The number of aliphatic carboxylic acids is 1. The molecule has 0 fully saturated rings. The standard InChI is InChI=1S/C15H32N2O4S/c1-2-9-20-11-12-21-10-7-16-5-3-6-17-8-14-22-13-4-15(18)19/h16-17H,2-14H2,1H3,(H,18,19). The number of hydrogen-bond acceptors (Lipinski definition) is 6. The largest absolute Gasteiger partial charge is 0.481 e. The monoisotopic (exact) mass is 336 g/mol. The second kappa shape index (κ2) is 18.7. The lowest BCUT2D eigenvalue weighted by Crippen LogP contribution is -2.26. The maximum Gasteiger partial charge on any atom is 0.304 e. The van der Waals surface area contributed by atoms with Crippen LogP contribution in [0, 0.1) is 0 Å². The first kappa shape index (κ1) is 21.7. The number of rotatable bonds is 18. The molecular formula is C15H32N2O4S. The maximum absolute atomic E-state index is 10.3. The van der Waals surface area contributed by atoms with Crippen LogP contribution in [0.1, 0.15) is 26.2 Å². The summed E-state index contributed by atoms with van der Waals surface area (Å²) >= 11 is 1.68. The molecule has 0 bridgehead atoms. The molecule has 22 heavy (non-hydrogen) atoms. The highest BCUT2D eigenvalue weighted by molar-refractivity contribution is 7.99. The van der Waals surface area contributed by atoms with Gasteiger partial charge in [-0.05, 0) is 25.9 Å². The molecule has 0 heterocycles. The number of carbonyl (C=O) groups is 1. The molecule has 0 aliphatic carbocycles. The van der Waals surface area contributed by atoms with Gasteiger partial charge in [0.2, 0.25) is 0 Å². The van der Waals surface area contributed by atoms with Crippen molar-refractivity contribution >= 4 is 17.7 Å². The topological polar surface area (TPSA) is 79.8 Å². The van der Waals surface area contributed by atoms with Crippen LogP contribution in [0.3, 0.4) is 0 Å². The third-order valence-corrected chi connectivity index (χ3v) is 3.72. The van der Waals surface area contributed by atoms with Crippen molar-refractivity contribution in [2.75, 3.05) is 64.1 Å². The van der Waals surface area contributed by atoms with Gasteiger partial charge in [-0.3, -0.25) is 4.79 Å². The first-order valence-corrected chi connectivity index (χ1v) is 9.29. The smallest absolute Gasteiger partial charge is 0.304 e. The second-order valence-corrected chi connectivity index (χ2v) is 6.06. The lowest BCUT2D eigenvalue weighted by molar-refractivity contribution is -0.136. The second-order valence-electron chi connectivity index (χ2n) is 4.83. The Labute approximate surface area is 138 Å². The van der Waals surface area contributed by atoms with Crippen molar-refractivity contribution in [1.29, 1.82) is 0 Å². The minimum atomic E-state index is -0.719. The van der Waals surface area contributed by atoms with Gasteiger partial charge < -0.3 is 25.2 Å². The Morgan fingerprint density at radius 2 is 1.64 bits per heavy atom. The Kier molecular flexibility index (Phi) is 18.4. The van der Waals surface area contributed by atoms with Gasteiger partial charge in [0.1, 0.15) is 0 Å². The van der Waals surface area contributed by atoms with Crippen LogP contribution >= 0.6 is 11.8 Å². The summed E-state index contributed by atoms with van der Waals surface area (Å²) in [5, 5.41) is 15.2. The fourth-order valence-corrected chi connectivity index (χ4v) is 2.42. The zero-order valence-corrected chi connectivity index (χ0v) is 14.6. The van der Waals surface area contributed by atoms with E-state index in [-0.39, 0.29) is 6.42 Å². The van der Waals surface area contributed by atoms with Crippen molar-refractivity contribution in [2.45, 2.75) is 26.2 Å². The summed E-state index contributed by atoms with van der Waals surface area (Å²) in [4.78, 5) is 10.3. The summed E-state index contributed by atoms with van der Waals surface area (Å²) in [7, 11) is 0. The highest BCUT2D eigenvalue weighted by Crippen LogP contribution is 2.00. The van der Waals surface area contributed by atoms with E-state index in [2.05, 4.69) is 17.6 Å².